The highest BCUT2D eigenvalue weighted by atomic mass is 16.3. The molecular formula is C22H30N4O. The molecule has 0 aromatic carbocycles. The molecule has 1 saturated heterocycles. The van der Waals surface area contributed by atoms with Gasteiger partial charge in [-0.25, -0.2) is 4.98 Å². The van der Waals surface area contributed by atoms with Crippen molar-refractivity contribution in [1.82, 2.24) is 14.9 Å². The third-order valence-electron chi connectivity index (χ3n) is 6.27. The predicted octanol–water partition coefficient (Wildman–Crippen LogP) is 3.07. The minimum absolute atomic E-state index is 0.716. The molecule has 1 aliphatic carbocycles. The second-order valence-corrected chi connectivity index (χ2v) is 8.00. The Balaban J connectivity index is 1.20. The average Bonchev–Trinajstić information content (AvgIpc) is 2.75. The summed E-state index contributed by atoms with van der Waals surface area (Å²) in [6.07, 6.45) is 8.76. The zero-order valence-corrected chi connectivity index (χ0v) is 16.0. The number of nitrogens with zero attached hydrogens (tertiary/aromatic N) is 4. The molecule has 0 unspecified atom stereocenters. The van der Waals surface area contributed by atoms with Crippen molar-refractivity contribution < 1.29 is 5.11 Å². The Labute approximate surface area is 162 Å². The standard InChI is InChI=1S/C22H30N4O/c27-22(20-5-1-3-12-23-20)10-7-19(8-11-22)9-14-25-15-17-26(18-16-25)21-6-2-4-13-24-21/h1-6,12-13,19,27H,7-11,14-18H2. The summed E-state index contributed by atoms with van der Waals surface area (Å²) in [5.74, 6) is 1.82. The van der Waals surface area contributed by atoms with Crippen LogP contribution in [0.25, 0.3) is 0 Å². The van der Waals surface area contributed by atoms with E-state index in [0.717, 1.165) is 69.3 Å². The van der Waals surface area contributed by atoms with Gasteiger partial charge in [-0.05, 0) is 68.8 Å². The van der Waals surface area contributed by atoms with Crippen LogP contribution in [0.1, 0.15) is 37.8 Å². The van der Waals surface area contributed by atoms with E-state index in [2.05, 4.69) is 31.9 Å². The molecule has 2 aromatic heterocycles. The molecule has 2 aliphatic rings. The van der Waals surface area contributed by atoms with Gasteiger partial charge >= 0.3 is 0 Å². The van der Waals surface area contributed by atoms with Crippen LogP contribution in [0.15, 0.2) is 48.8 Å². The fourth-order valence-corrected chi connectivity index (χ4v) is 4.44. The first-order chi connectivity index (χ1) is 13.2. The van der Waals surface area contributed by atoms with E-state index in [9.17, 15) is 5.11 Å². The molecule has 0 radical (unpaired) electrons. The van der Waals surface area contributed by atoms with E-state index >= 15 is 0 Å². The van der Waals surface area contributed by atoms with Crippen molar-refractivity contribution in [1.29, 1.82) is 0 Å². The molecule has 0 amide bonds. The van der Waals surface area contributed by atoms with Crippen LogP contribution >= 0.6 is 0 Å². The second kappa shape index (κ2) is 8.36. The number of aliphatic hydroxyl groups is 1. The Hall–Kier alpha value is -1.98. The molecule has 1 aliphatic heterocycles. The van der Waals surface area contributed by atoms with Gasteiger partial charge in [-0.1, -0.05) is 12.1 Å². The zero-order valence-electron chi connectivity index (χ0n) is 16.0. The molecule has 2 aromatic rings. The number of hydrogen-bond donors (Lipinski definition) is 1. The Morgan fingerprint density at radius 3 is 2.26 bits per heavy atom. The predicted molar refractivity (Wildman–Crippen MR) is 108 cm³/mol. The van der Waals surface area contributed by atoms with Crippen LogP contribution < -0.4 is 4.90 Å². The molecule has 27 heavy (non-hydrogen) atoms. The lowest BCUT2D eigenvalue weighted by Gasteiger charge is -2.38. The van der Waals surface area contributed by atoms with Crippen molar-refractivity contribution in [2.24, 2.45) is 5.92 Å². The Morgan fingerprint density at radius 1 is 0.926 bits per heavy atom. The number of rotatable bonds is 5. The lowest BCUT2D eigenvalue weighted by Crippen LogP contribution is -2.47. The van der Waals surface area contributed by atoms with Crippen molar-refractivity contribution in [3.05, 3.63) is 54.5 Å². The van der Waals surface area contributed by atoms with Gasteiger partial charge in [-0.15, -0.1) is 0 Å². The SMILES string of the molecule is OC1(c2ccccn2)CCC(CCN2CCN(c3ccccn3)CC2)CC1. The molecule has 1 saturated carbocycles. The van der Waals surface area contributed by atoms with E-state index < -0.39 is 5.60 Å². The largest absolute Gasteiger partial charge is 0.384 e. The third-order valence-corrected chi connectivity index (χ3v) is 6.27. The first-order valence-electron chi connectivity index (χ1n) is 10.3. The van der Waals surface area contributed by atoms with Gasteiger partial charge in [0.05, 0.1) is 5.69 Å². The van der Waals surface area contributed by atoms with E-state index in [1.807, 2.05) is 30.5 Å². The second-order valence-electron chi connectivity index (χ2n) is 8.00. The third kappa shape index (κ3) is 4.47. The highest BCUT2D eigenvalue weighted by Gasteiger charge is 2.35. The molecule has 144 valence electrons. The van der Waals surface area contributed by atoms with E-state index in [0.29, 0.717) is 0 Å². The fourth-order valence-electron chi connectivity index (χ4n) is 4.44. The summed E-state index contributed by atoms with van der Waals surface area (Å²) >= 11 is 0. The molecule has 1 N–H and O–H groups in total. The smallest absolute Gasteiger partial charge is 0.128 e. The van der Waals surface area contributed by atoms with Gasteiger partial charge < -0.3 is 10.0 Å². The normalized spacial score (nSPS) is 26.9. The maximum atomic E-state index is 10.9. The highest BCUT2D eigenvalue weighted by Crippen LogP contribution is 2.39. The highest BCUT2D eigenvalue weighted by molar-refractivity contribution is 5.38. The Morgan fingerprint density at radius 2 is 1.63 bits per heavy atom. The van der Waals surface area contributed by atoms with E-state index in [-0.39, 0.29) is 0 Å². The average molecular weight is 367 g/mol. The van der Waals surface area contributed by atoms with Crippen molar-refractivity contribution in [2.75, 3.05) is 37.6 Å². The van der Waals surface area contributed by atoms with Crippen molar-refractivity contribution >= 4 is 5.82 Å². The summed E-state index contributed by atoms with van der Waals surface area (Å²) in [5, 5.41) is 10.9. The summed E-state index contributed by atoms with van der Waals surface area (Å²) in [4.78, 5) is 13.8. The Bertz CT molecular complexity index is 693. The molecule has 4 rings (SSSR count). The molecule has 5 heteroatoms. The molecule has 2 fully saturated rings. The van der Waals surface area contributed by atoms with E-state index in [1.54, 1.807) is 6.20 Å². The number of hydrogen-bond acceptors (Lipinski definition) is 5. The number of anilines is 1. The summed E-state index contributed by atoms with van der Waals surface area (Å²) < 4.78 is 0. The quantitative estimate of drug-likeness (QED) is 0.881. The van der Waals surface area contributed by atoms with Crippen molar-refractivity contribution in [3.8, 4) is 0 Å². The van der Waals surface area contributed by atoms with Gasteiger partial charge in [0.2, 0.25) is 0 Å². The number of piperazine rings is 1. The van der Waals surface area contributed by atoms with Gasteiger partial charge in [0.25, 0.3) is 0 Å². The van der Waals surface area contributed by atoms with Crippen LogP contribution in [-0.4, -0.2) is 52.7 Å². The lowest BCUT2D eigenvalue weighted by molar-refractivity contribution is -0.0198. The van der Waals surface area contributed by atoms with Gasteiger partial charge in [0.15, 0.2) is 0 Å². The molecule has 5 nitrogen and oxygen atoms in total. The van der Waals surface area contributed by atoms with Crippen LogP contribution in [0, 0.1) is 5.92 Å². The maximum absolute atomic E-state index is 10.9. The van der Waals surface area contributed by atoms with Crippen LogP contribution in [-0.2, 0) is 5.60 Å². The first kappa shape index (κ1) is 18.4. The molecular weight excluding hydrogens is 336 g/mol. The first-order valence-corrected chi connectivity index (χ1v) is 10.3. The molecule has 0 atom stereocenters. The van der Waals surface area contributed by atoms with Crippen molar-refractivity contribution in [3.63, 3.8) is 0 Å². The monoisotopic (exact) mass is 366 g/mol. The molecule has 0 spiro atoms. The van der Waals surface area contributed by atoms with Gasteiger partial charge in [-0.2, -0.15) is 0 Å². The fraction of sp³-hybridized carbons (Fsp3) is 0.545. The van der Waals surface area contributed by atoms with Crippen LogP contribution in [0.4, 0.5) is 5.82 Å². The van der Waals surface area contributed by atoms with Gasteiger partial charge in [0.1, 0.15) is 11.4 Å². The van der Waals surface area contributed by atoms with Crippen LogP contribution in [0.5, 0.6) is 0 Å². The van der Waals surface area contributed by atoms with Gasteiger partial charge in [0, 0.05) is 38.6 Å². The number of aromatic nitrogens is 2. The summed E-state index contributed by atoms with van der Waals surface area (Å²) in [6.45, 7) is 5.51. The minimum Gasteiger partial charge on any atom is -0.384 e. The summed E-state index contributed by atoms with van der Waals surface area (Å²) in [5.41, 5.74) is 0.126. The lowest BCUT2D eigenvalue weighted by atomic mass is 9.76. The minimum atomic E-state index is -0.716. The molecule has 0 bridgehead atoms. The van der Waals surface area contributed by atoms with E-state index in [1.165, 1.54) is 13.0 Å². The number of pyridine rings is 2. The van der Waals surface area contributed by atoms with Crippen LogP contribution in [0.3, 0.4) is 0 Å². The van der Waals surface area contributed by atoms with Crippen molar-refractivity contribution in [2.45, 2.75) is 37.7 Å². The summed E-state index contributed by atoms with van der Waals surface area (Å²) in [7, 11) is 0. The molecule has 3 heterocycles. The topological polar surface area (TPSA) is 52.5 Å². The zero-order chi connectivity index (χ0) is 18.5. The van der Waals surface area contributed by atoms with Crippen LogP contribution in [0.2, 0.25) is 0 Å². The Kier molecular flexibility index (Phi) is 5.69. The maximum Gasteiger partial charge on any atom is 0.128 e. The van der Waals surface area contributed by atoms with E-state index in [4.69, 9.17) is 0 Å². The van der Waals surface area contributed by atoms with Gasteiger partial charge in [-0.3, -0.25) is 9.88 Å². The summed E-state index contributed by atoms with van der Waals surface area (Å²) in [6, 6.07) is 12.0.